The van der Waals surface area contributed by atoms with Crippen LogP contribution >= 0.6 is 0 Å². The van der Waals surface area contributed by atoms with Crippen molar-refractivity contribution in [2.45, 2.75) is 77.4 Å². The third-order valence-corrected chi connectivity index (χ3v) is 9.40. The standard InChI is InChI=1S/C31H42N8O3/c1-19-11-13-21(14-12-19)17-39-25-27(33-20(2)22-9-6-10-22)35-29(26(32)34-31(40)41)36-28(25)37-30(39)38-15-16-42-18-24(38)23-7-4-3-5-8-23/h3-5,7-8,19-22,24H,6,9-18H2,1-2H3,(H2,32,34)(H,40,41)(H,33,35,36)/t19?,20-,21?,24+/m1/s1. The van der Waals surface area contributed by atoms with Crippen LogP contribution in [0.3, 0.4) is 0 Å². The Balaban J connectivity index is 1.50. The third kappa shape index (κ3) is 5.92. The van der Waals surface area contributed by atoms with E-state index in [0.717, 1.165) is 23.9 Å². The van der Waals surface area contributed by atoms with E-state index < -0.39 is 6.09 Å². The number of carbonyl (C=O) groups is 1. The average molecular weight is 575 g/mol. The second-order valence-electron chi connectivity index (χ2n) is 12.3. The first kappa shape index (κ1) is 28.4. The van der Waals surface area contributed by atoms with Crippen LogP contribution in [0.25, 0.3) is 11.2 Å². The molecule has 3 aliphatic rings. The van der Waals surface area contributed by atoms with Crippen molar-refractivity contribution < 1.29 is 14.6 Å². The molecule has 0 unspecified atom stereocenters. The van der Waals surface area contributed by atoms with Crippen LogP contribution in [0.5, 0.6) is 0 Å². The van der Waals surface area contributed by atoms with Crippen molar-refractivity contribution in [1.29, 1.82) is 0 Å². The van der Waals surface area contributed by atoms with Crippen LogP contribution in [-0.4, -0.2) is 62.4 Å². The zero-order valence-corrected chi connectivity index (χ0v) is 24.6. The normalized spacial score (nSPS) is 24.4. The number of nitrogens with two attached hydrogens (primary N) is 1. The largest absolute Gasteiger partial charge is 0.463 e. The van der Waals surface area contributed by atoms with Gasteiger partial charge in [-0.1, -0.05) is 56.5 Å². The minimum absolute atomic E-state index is 0.00160. The van der Waals surface area contributed by atoms with Gasteiger partial charge in [-0.25, -0.2) is 14.8 Å². The number of nitrogens with zero attached hydrogens (tertiary/aromatic N) is 6. The molecule has 1 saturated heterocycles. The summed E-state index contributed by atoms with van der Waals surface area (Å²) in [6.45, 7) is 7.19. The van der Waals surface area contributed by atoms with Gasteiger partial charge in [-0.3, -0.25) is 0 Å². The molecule has 2 aliphatic carbocycles. The molecule has 42 heavy (non-hydrogen) atoms. The van der Waals surface area contributed by atoms with Crippen LogP contribution in [0.1, 0.15) is 76.2 Å². The fraction of sp³-hybridized carbons (Fsp3) is 0.581. The highest BCUT2D eigenvalue weighted by Crippen LogP contribution is 2.38. The van der Waals surface area contributed by atoms with Gasteiger partial charge in [0.1, 0.15) is 5.52 Å². The number of morpholine rings is 1. The molecule has 6 rings (SSSR count). The summed E-state index contributed by atoms with van der Waals surface area (Å²) in [5.74, 6) is 3.12. The van der Waals surface area contributed by atoms with Crippen molar-refractivity contribution >= 4 is 34.9 Å². The van der Waals surface area contributed by atoms with Crippen molar-refractivity contribution in [2.24, 2.45) is 28.5 Å². The fourth-order valence-electron chi connectivity index (χ4n) is 6.62. The molecule has 2 saturated carbocycles. The number of hydrogen-bond donors (Lipinski definition) is 3. The number of imidazole rings is 1. The molecule has 3 aromatic rings. The molecule has 224 valence electrons. The van der Waals surface area contributed by atoms with E-state index in [4.69, 9.17) is 25.4 Å². The van der Waals surface area contributed by atoms with Gasteiger partial charge in [-0.05, 0) is 55.9 Å². The molecule has 3 fully saturated rings. The molecule has 2 atom stereocenters. The Morgan fingerprint density at radius 2 is 1.90 bits per heavy atom. The molecule has 2 aromatic heterocycles. The van der Waals surface area contributed by atoms with Gasteiger partial charge in [0.25, 0.3) is 0 Å². The van der Waals surface area contributed by atoms with Gasteiger partial charge in [-0.15, -0.1) is 0 Å². The van der Waals surface area contributed by atoms with Gasteiger partial charge in [0, 0.05) is 19.1 Å². The molecule has 4 N–H and O–H groups in total. The second kappa shape index (κ2) is 12.2. The quantitative estimate of drug-likeness (QED) is 0.244. The lowest BCUT2D eigenvalue weighted by Gasteiger charge is -2.37. The number of amidine groups is 1. The minimum Gasteiger partial charge on any atom is -0.463 e. The first-order chi connectivity index (χ1) is 20.4. The Bertz CT molecular complexity index is 1430. The van der Waals surface area contributed by atoms with Crippen LogP contribution in [0.2, 0.25) is 0 Å². The minimum atomic E-state index is -1.38. The maximum absolute atomic E-state index is 11.3. The van der Waals surface area contributed by atoms with Crippen molar-refractivity contribution in [1.82, 2.24) is 19.5 Å². The zero-order chi connectivity index (χ0) is 29.2. The summed E-state index contributed by atoms with van der Waals surface area (Å²) < 4.78 is 8.27. The van der Waals surface area contributed by atoms with Crippen molar-refractivity contribution in [2.75, 3.05) is 30.0 Å². The van der Waals surface area contributed by atoms with Crippen LogP contribution in [0.15, 0.2) is 35.3 Å². The topological polar surface area (TPSA) is 144 Å². The van der Waals surface area contributed by atoms with Gasteiger partial charge in [-0.2, -0.15) is 9.98 Å². The number of nitrogens with one attached hydrogen (secondary N) is 1. The zero-order valence-electron chi connectivity index (χ0n) is 24.6. The molecule has 11 heteroatoms. The number of ether oxygens (including phenoxy) is 1. The highest BCUT2D eigenvalue weighted by atomic mass is 16.5. The highest BCUT2D eigenvalue weighted by Gasteiger charge is 2.33. The van der Waals surface area contributed by atoms with E-state index >= 15 is 0 Å². The summed E-state index contributed by atoms with van der Waals surface area (Å²) in [6, 6.07) is 10.6. The van der Waals surface area contributed by atoms with E-state index in [1.165, 1.54) is 50.5 Å². The van der Waals surface area contributed by atoms with Gasteiger partial charge < -0.3 is 30.4 Å². The van der Waals surface area contributed by atoms with E-state index in [-0.39, 0.29) is 23.7 Å². The average Bonchev–Trinajstić information content (AvgIpc) is 3.31. The van der Waals surface area contributed by atoms with E-state index in [1.807, 2.05) is 6.07 Å². The molecule has 1 aromatic carbocycles. The summed E-state index contributed by atoms with van der Waals surface area (Å²) >= 11 is 0. The molecular formula is C31H42N8O3. The first-order valence-electron chi connectivity index (χ1n) is 15.4. The van der Waals surface area contributed by atoms with Gasteiger partial charge >= 0.3 is 6.09 Å². The monoisotopic (exact) mass is 574 g/mol. The number of aliphatic imine (C=N–C) groups is 1. The number of aromatic nitrogens is 4. The van der Waals surface area contributed by atoms with E-state index in [0.29, 0.717) is 43.1 Å². The smallest absolute Gasteiger partial charge is 0.433 e. The summed E-state index contributed by atoms with van der Waals surface area (Å²) in [4.78, 5) is 31.8. The van der Waals surface area contributed by atoms with Gasteiger partial charge in [0.05, 0.1) is 19.3 Å². The molecule has 0 spiro atoms. The number of rotatable bonds is 8. The number of fused-ring (bicyclic) bond motifs is 1. The highest BCUT2D eigenvalue weighted by molar-refractivity contribution is 6.01. The molecule has 1 aliphatic heterocycles. The lowest BCUT2D eigenvalue weighted by Crippen LogP contribution is -2.41. The summed E-state index contributed by atoms with van der Waals surface area (Å²) in [6.07, 6.45) is 7.00. The van der Waals surface area contributed by atoms with Crippen LogP contribution in [0.4, 0.5) is 16.6 Å². The number of carboxylic acid groups (broad SMARTS) is 1. The van der Waals surface area contributed by atoms with E-state index in [2.05, 4.69) is 57.9 Å². The molecular weight excluding hydrogens is 532 g/mol. The first-order valence-corrected chi connectivity index (χ1v) is 15.4. The number of amides is 1. The van der Waals surface area contributed by atoms with Crippen molar-refractivity contribution in [3.8, 4) is 0 Å². The Labute approximate surface area is 246 Å². The van der Waals surface area contributed by atoms with Crippen LogP contribution in [0, 0.1) is 17.8 Å². The molecule has 0 bridgehead atoms. The van der Waals surface area contributed by atoms with Crippen molar-refractivity contribution in [3.05, 3.63) is 41.7 Å². The number of hydrogen-bond acceptors (Lipinski definition) is 7. The summed E-state index contributed by atoms with van der Waals surface area (Å²) in [7, 11) is 0. The number of benzene rings is 1. The van der Waals surface area contributed by atoms with Crippen molar-refractivity contribution in [3.63, 3.8) is 0 Å². The summed E-state index contributed by atoms with van der Waals surface area (Å²) in [5, 5.41) is 12.9. The summed E-state index contributed by atoms with van der Waals surface area (Å²) in [5.41, 5.74) is 8.58. The molecule has 3 heterocycles. The maximum atomic E-state index is 11.3. The maximum Gasteiger partial charge on any atom is 0.433 e. The Hall–Kier alpha value is -3.73. The molecule has 1 amide bonds. The predicted molar refractivity (Wildman–Crippen MR) is 163 cm³/mol. The van der Waals surface area contributed by atoms with Crippen LogP contribution < -0.4 is 16.0 Å². The van der Waals surface area contributed by atoms with Crippen LogP contribution in [-0.2, 0) is 11.3 Å². The Morgan fingerprint density at radius 3 is 2.60 bits per heavy atom. The third-order valence-electron chi connectivity index (χ3n) is 9.40. The van der Waals surface area contributed by atoms with E-state index in [9.17, 15) is 9.90 Å². The number of anilines is 2. The Kier molecular flexibility index (Phi) is 8.28. The van der Waals surface area contributed by atoms with E-state index in [1.54, 1.807) is 0 Å². The molecule has 0 radical (unpaired) electrons. The molecule has 11 nitrogen and oxygen atoms in total. The lowest BCUT2D eigenvalue weighted by molar-refractivity contribution is 0.0927. The SMILES string of the molecule is CC1CCC(Cn2c(N3CCOC[C@H]3c3ccccc3)nc3nc(/C(N)=N/C(=O)O)nc(N[C@H](C)C4CCC4)c32)CC1. The predicted octanol–water partition coefficient (Wildman–Crippen LogP) is 5.21. The fourth-order valence-corrected chi connectivity index (χ4v) is 6.62. The Morgan fingerprint density at radius 1 is 1.14 bits per heavy atom. The lowest BCUT2D eigenvalue weighted by atomic mass is 9.80. The van der Waals surface area contributed by atoms with Gasteiger partial charge in [0.15, 0.2) is 23.1 Å². The second-order valence-corrected chi connectivity index (χ2v) is 12.3. The van der Waals surface area contributed by atoms with Gasteiger partial charge in [0.2, 0.25) is 5.95 Å².